The average molecular weight is 421 g/mol. The second-order valence-corrected chi connectivity index (χ2v) is 8.32. The van der Waals surface area contributed by atoms with E-state index in [1.54, 1.807) is 42.5 Å². The lowest BCUT2D eigenvalue weighted by Gasteiger charge is -2.14. The zero-order valence-electron chi connectivity index (χ0n) is 17.0. The fourth-order valence-corrected chi connectivity index (χ4v) is 3.16. The first-order valence-electron chi connectivity index (χ1n) is 9.57. The van der Waals surface area contributed by atoms with Gasteiger partial charge in [0.25, 0.3) is 5.91 Å². The average Bonchev–Trinajstić information content (AvgIpc) is 2.69. The van der Waals surface area contributed by atoms with E-state index in [0.29, 0.717) is 41.5 Å². The van der Waals surface area contributed by atoms with Gasteiger partial charge in [0, 0.05) is 12.1 Å². The summed E-state index contributed by atoms with van der Waals surface area (Å²) in [6.07, 6.45) is 2.80. The molecule has 0 aliphatic carbocycles. The van der Waals surface area contributed by atoms with E-state index in [0.717, 1.165) is 19.1 Å². The van der Waals surface area contributed by atoms with Gasteiger partial charge < -0.3 is 14.8 Å². The van der Waals surface area contributed by atoms with Crippen molar-refractivity contribution in [1.29, 1.82) is 0 Å². The fourth-order valence-electron chi connectivity index (χ4n) is 2.56. The van der Waals surface area contributed by atoms with E-state index in [1.807, 2.05) is 13.8 Å². The smallest absolute Gasteiger partial charge is 0.251 e. The highest BCUT2D eigenvalue weighted by molar-refractivity contribution is 7.92. The normalized spacial score (nSPS) is 11.0. The molecular weight excluding hydrogens is 392 g/mol. The van der Waals surface area contributed by atoms with Crippen molar-refractivity contribution in [2.24, 2.45) is 0 Å². The second-order valence-electron chi connectivity index (χ2n) is 6.57. The van der Waals surface area contributed by atoms with Gasteiger partial charge in [-0.15, -0.1) is 0 Å². The number of carbonyl (C=O) groups is 1. The van der Waals surface area contributed by atoms with Crippen molar-refractivity contribution < 1.29 is 22.7 Å². The van der Waals surface area contributed by atoms with Gasteiger partial charge >= 0.3 is 0 Å². The third kappa shape index (κ3) is 7.30. The van der Waals surface area contributed by atoms with Crippen molar-refractivity contribution in [2.75, 3.05) is 24.2 Å². The zero-order chi connectivity index (χ0) is 21.3. The number of sulfonamides is 1. The molecule has 29 heavy (non-hydrogen) atoms. The molecule has 2 aromatic carbocycles. The molecule has 8 heteroatoms. The van der Waals surface area contributed by atoms with Crippen LogP contribution >= 0.6 is 0 Å². The van der Waals surface area contributed by atoms with Crippen molar-refractivity contribution >= 4 is 21.6 Å². The van der Waals surface area contributed by atoms with Crippen molar-refractivity contribution in [3.05, 3.63) is 53.6 Å². The quantitative estimate of drug-likeness (QED) is 0.580. The summed E-state index contributed by atoms with van der Waals surface area (Å²) in [5.41, 5.74) is 1.54. The lowest BCUT2D eigenvalue weighted by atomic mass is 10.1. The lowest BCUT2D eigenvalue weighted by Crippen LogP contribution is -2.24. The van der Waals surface area contributed by atoms with Crippen molar-refractivity contribution in [3.63, 3.8) is 0 Å². The maximum atomic E-state index is 12.6. The summed E-state index contributed by atoms with van der Waals surface area (Å²) < 4.78 is 36.9. The van der Waals surface area contributed by atoms with Gasteiger partial charge in [-0.2, -0.15) is 0 Å². The number of rotatable bonds is 11. The van der Waals surface area contributed by atoms with Crippen LogP contribution in [0.5, 0.6) is 11.5 Å². The minimum absolute atomic E-state index is 0.177. The van der Waals surface area contributed by atoms with Crippen LogP contribution in [0.25, 0.3) is 0 Å². The number of benzene rings is 2. The van der Waals surface area contributed by atoms with Gasteiger partial charge in [-0.05, 0) is 42.7 Å². The Hall–Kier alpha value is -2.74. The maximum Gasteiger partial charge on any atom is 0.251 e. The SMILES string of the molecule is CCCOc1ccc(C(=O)NCc2ccccc2NS(C)(=O)=O)cc1OCCC. The molecule has 0 heterocycles. The van der Waals surface area contributed by atoms with E-state index < -0.39 is 10.0 Å². The molecular formula is C21H28N2O5S. The predicted molar refractivity (Wildman–Crippen MR) is 114 cm³/mol. The molecule has 0 fully saturated rings. The Morgan fingerprint density at radius 3 is 2.28 bits per heavy atom. The highest BCUT2D eigenvalue weighted by Crippen LogP contribution is 2.29. The second kappa shape index (κ2) is 10.7. The number of anilines is 1. The van der Waals surface area contributed by atoms with Crippen molar-refractivity contribution in [1.82, 2.24) is 5.32 Å². The topological polar surface area (TPSA) is 93.7 Å². The monoisotopic (exact) mass is 420 g/mol. The molecule has 0 aliphatic rings. The van der Waals surface area contributed by atoms with Gasteiger partial charge in [0.15, 0.2) is 11.5 Å². The number of amides is 1. The summed E-state index contributed by atoms with van der Waals surface area (Å²) in [6.45, 7) is 5.29. The first-order valence-corrected chi connectivity index (χ1v) is 11.5. The summed E-state index contributed by atoms with van der Waals surface area (Å²) in [5.74, 6) is 0.856. The summed E-state index contributed by atoms with van der Waals surface area (Å²) in [7, 11) is -3.41. The molecule has 0 saturated heterocycles. The van der Waals surface area contributed by atoms with E-state index in [1.165, 1.54) is 0 Å². The van der Waals surface area contributed by atoms with Crippen LogP contribution in [0.2, 0.25) is 0 Å². The molecule has 0 aliphatic heterocycles. The predicted octanol–water partition coefficient (Wildman–Crippen LogP) is 3.57. The summed E-state index contributed by atoms with van der Waals surface area (Å²) in [6, 6.07) is 12.0. The summed E-state index contributed by atoms with van der Waals surface area (Å²) in [5, 5.41) is 2.82. The lowest BCUT2D eigenvalue weighted by molar-refractivity contribution is 0.0950. The molecule has 0 saturated carbocycles. The van der Waals surface area contributed by atoms with E-state index >= 15 is 0 Å². The molecule has 7 nitrogen and oxygen atoms in total. The number of hydrogen-bond acceptors (Lipinski definition) is 5. The third-order valence-corrected chi connectivity index (χ3v) is 4.47. The minimum atomic E-state index is -3.41. The van der Waals surface area contributed by atoms with Crippen LogP contribution in [0, 0.1) is 0 Å². The molecule has 0 bridgehead atoms. The molecule has 0 atom stereocenters. The van der Waals surface area contributed by atoms with Gasteiger partial charge in [-0.25, -0.2) is 8.42 Å². The third-order valence-electron chi connectivity index (χ3n) is 3.88. The molecule has 2 N–H and O–H groups in total. The van der Waals surface area contributed by atoms with E-state index in [4.69, 9.17) is 9.47 Å². The number of hydrogen-bond donors (Lipinski definition) is 2. The Labute approximate surface area is 172 Å². The number of para-hydroxylation sites is 1. The standard InChI is InChI=1S/C21H28N2O5S/c1-4-12-27-19-11-10-16(14-20(19)28-13-5-2)21(24)22-15-17-8-6-7-9-18(17)23-29(3,25)26/h6-11,14,23H,4-5,12-13,15H2,1-3H3,(H,22,24). The zero-order valence-corrected chi connectivity index (χ0v) is 17.8. The van der Waals surface area contributed by atoms with Gasteiger partial charge in [-0.3, -0.25) is 9.52 Å². The Balaban J connectivity index is 2.13. The van der Waals surface area contributed by atoms with Crippen LogP contribution in [-0.4, -0.2) is 33.8 Å². The molecule has 2 rings (SSSR count). The van der Waals surface area contributed by atoms with Crippen molar-refractivity contribution in [2.45, 2.75) is 33.2 Å². The Kier molecular flexibility index (Phi) is 8.33. The molecule has 0 radical (unpaired) electrons. The van der Waals surface area contributed by atoms with Crippen LogP contribution in [0.4, 0.5) is 5.69 Å². The van der Waals surface area contributed by atoms with Gasteiger partial charge in [-0.1, -0.05) is 32.0 Å². The maximum absolute atomic E-state index is 12.6. The Morgan fingerprint density at radius 2 is 1.62 bits per heavy atom. The Morgan fingerprint density at radius 1 is 0.966 bits per heavy atom. The van der Waals surface area contributed by atoms with Crippen molar-refractivity contribution in [3.8, 4) is 11.5 Å². The summed E-state index contributed by atoms with van der Waals surface area (Å²) in [4.78, 5) is 12.6. The highest BCUT2D eigenvalue weighted by Gasteiger charge is 2.13. The first kappa shape index (κ1) is 22.5. The van der Waals surface area contributed by atoms with E-state index in [2.05, 4.69) is 10.0 Å². The van der Waals surface area contributed by atoms with Gasteiger partial charge in [0.2, 0.25) is 10.0 Å². The Bertz CT molecular complexity index is 928. The van der Waals surface area contributed by atoms with Crippen LogP contribution in [0.3, 0.4) is 0 Å². The molecule has 158 valence electrons. The van der Waals surface area contributed by atoms with Crippen LogP contribution in [0.15, 0.2) is 42.5 Å². The number of carbonyl (C=O) groups excluding carboxylic acids is 1. The highest BCUT2D eigenvalue weighted by atomic mass is 32.2. The summed E-state index contributed by atoms with van der Waals surface area (Å²) >= 11 is 0. The van der Waals surface area contributed by atoms with E-state index in [9.17, 15) is 13.2 Å². The van der Waals surface area contributed by atoms with Gasteiger partial charge in [0.1, 0.15) is 0 Å². The largest absolute Gasteiger partial charge is 0.490 e. The van der Waals surface area contributed by atoms with Gasteiger partial charge in [0.05, 0.1) is 25.2 Å². The number of ether oxygens (including phenoxy) is 2. The molecule has 0 spiro atoms. The fraction of sp³-hybridized carbons (Fsp3) is 0.381. The molecule has 1 amide bonds. The molecule has 0 unspecified atom stereocenters. The van der Waals surface area contributed by atoms with E-state index in [-0.39, 0.29) is 12.5 Å². The minimum Gasteiger partial charge on any atom is -0.490 e. The number of nitrogens with one attached hydrogen (secondary N) is 2. The molecule has 2 aromatic rings. The molecule has 0 aromatic heterocycles. The van der Waals surface area contributed by atoms with Crippen LogP contribution < -0.4 is 19.5 Å². The van der Waals surface area contributed by atoms with Crippen LogP contribution in [0.1, 0.15) is 42.6 Å². The van der Waals surface area contributed by atoms with Crippen LogP contribution in [-0.2, 0) is 16.6 Å². The first-order chi connectivity index (χ1) is 13.8.